The van der Waals surface area contributed by atoms with Crippen molar-refractivity contribution in [3.8, 4) is 0 Å². The van der Waals surface area contributed by atoms with Gasteiger partial charge in [0.05, 0.1) is 11.1 Å². The van der Waals surface area contributed by atoms with Crippen LogP contribution >= 0.6 is 0 Å². The molecular weight excluding hydrogens is 264 g/mol. The van der Waals surface area contributed by atoms with Crippen LogP contribution in [-0.4, -0.2) is 47.2 Å². The molecule has 5 heteroatoms. The van der Waals surface area contributed by atoms with Crippen molar-refractivity contribution in [1.82, 2.24) is 15.1 Å². The summed E-state index contributed by atoms with van der Waals surface area (Å²) in [5.74, 6) is 1.17. The number of rotatable bonds is 3. The molecule has 1 amide bonds. The fourth-order valence-corrected chi connectivity index (χ4v) is 3.49. The SMILES string of the molecule is C=CCN1CC[C@]2(CCCN(c3ccc(C)nn3)C2)C1=O. The second-order valence-corrected chi connectivity index (χ2v) is 6.13. The number of aromatic nitrogens is 2. The Morgan fingerprint density at radius 2 is 2.19 bits per heavy atom. The largest absolute Gasteiger partial charge is 0.354 e. The number of nitrogens with zero attached hydrogens (tertiary/aromatic N) is 4. The molecular formula is C16H22N4O. The quantitative estimate of drug-likeness (QED) is 0.795. The highest BCUT2D eigenvalue weighted by Gasteiger charge is 2.48. The van der Waals surface area contributed by atoms with Crippen molar-refractivity contribution in [3.05, 3.63) is 30.5 Å². The molecule has 0 radical (unpaired) electrons. The highest BCUT2D eigenvalue weighted by Crippen LogP contribution is 2.40. The van der Waals surface area contributed by atoms with Crippen LogP contribution in [0.3, 0.4) is 0 Å². The minimum atomic E-state index is -0.228. The van der Waals surface area contributed by atoms with Crippen LogP contribution in [0.1, 0.15) is 25.0 Å². The number of aryl methyl sites for hydroxylation is 1. The number of carbonyl (C=O) groups is 1. The van der Waals surface area contributed by atoms with Crippen LogP contribution in [0.2, 0.25) is 0 Å². The summed E-state index contributed by atoms with van der Waals surface area (Å²) in [6.07, 6.45) is 4.76. The Morgan fingerprint density at radius 1 is 1.33 bits per heavy atom. The predicted octanol–water partition coefficient (Wildman–Crippen LogP) is 1.79. The average molecular weight is 286 g/mol. The fraction of sp³-hybridized carbons (Fsp3) is 0.562. The van der Waals surface area contributed by atoms with Gasteiger partial charge < -0.3 is 9.80 Å². The smallest absolute Gasteiger partial charge is 0.230 e. The molecule has 0 aliphatic carbocycles. The molecule has 1 spiro atoms. The van der Waals surface area contributed by atoms with Gasteiger partial charge in [-0.3, -0.25) is 4.79 Å². The van der Waals surface area contributed by atoms with E-state index in [0.29, 0.717) is 6.54 Å². The maximum atomic E-state index is 12.7. The summed E-state index contributed by atoms with van der Waals surface area (Å²) in [5.41, 5.74) is 0.688. The molecule has 3 heterocycles. The van der Waals surface area contributed by atoms with Crippen LogP contribution in [-0.2, 0) is 4.79 Å². The first-order valence-electron chi connectivity index (χ1n) is 7.60. The summed E-state index contributed by atoms with van der Waals surface area (Å²) in [5, 5.41) is 8.40. The van der Waals surface area contributed by atoms with Crippen molar-refractivity contribution in [2.45, 2.75) is 26.2 Å². The van der Waals surface area contributed by atoms with E-state index in [0.717, 1.165) is 50.4 Å². The number of amides is 1. The number of hydrogen-bond acceptors (Lipinski definition) is 4. The van der Waals surface area contributed by atoms with E-state index in [1.807, 2.05) is 30.0 Å². The van der Waals surface area contributed by atoms with Crippen molar-refractivity contribution < 1.29 is 4.79 Å². The molecule has 2 saturated heterocycles. The lowest BCUT2D eigenvalue weighted by Crippen LogP contribution is -2.48. The lowest BCUT2D eigenvalue weighted by Gasteiger charge is -2.39. The fourth-order valence-electron chi connectivity index (χ4n) is 3.49. The molecule has 0 saturated carbocycles. The summed E-state index contributed by atoms with van der Waals surface area (Å²) in [6.45, 7) is 8.89. The molecule has 1 aromatic rings. The Hall–Kier alpha value is -1.91. The van der Waals surface area contributed by atoms with E-state index in [9.17, 15) is 4.79 Å². The van der Waals surface area contributed by atoms with Crippen LogP contribution < -0.4 is 4.90 Å². The maximum Gasteiger partial charge on any atom is 0.230 e. The first-order chi connectivity index (χ1) is 10.1. The second-order valence-electron chi connectivity index (χ2n) is 6.13. The van der Waals surface area contributed by atoms with Crippen molar-refractivity contribution >= 4 is 11.7 Å². The Labute approximate surface area is 125 Å². The Balaban J connectivity index is 1.78. The van der Waals surface area contributed by atoms with Gasteiger partial charge in [0.1, 0.15) is 0 Å². The Bertz CT molecular complexity index is 542. The molecule has 1 aromatic heterocycles. The summed E-state index contributed by atoms with van der Waals surface area (Å²) < 4.78 is 0. The monoisotopic (exact) mass is 286 g/mol. The topological polar surface area (TPSA) is 49.3 Å². The van der Waals surface area contributed by atoms with Crippen molar-refractivity contribution in [3.63, 3.8) is 0 Å². The molecule has 2 fully saturated rings. The Kier molecular flexibility index (Phi) is 3.66. The number of piperidine rings is 1. The number of hydrogen-bond donors (Lipinski definition) is 0. The van der Waals surface area contributed by atoms with E-state index < -0.39 is 0 Å². The van der Waals surface area contributed by atoms with Gasteiger partial charge in [0.25, 0.3) is 0 Å². The molecule has 0 aromatic carbocycles. The van der Waals surface area contributed by atoms with E-state index in [1.165, 1.54) is 0 Å². The molecule has 5 nitrogen and oxygen atoms in total. The minimum Gasteiger partial charge on any atom is -0.354 e. The van der Waals surface area contributed by atoms with Crippen molar-refractivity contribution in [1.29, 1.82) is 0 Å². The molecule has 0 N–H and O–H groups in total. The Morgan fingerprint density at radius 3 is 2.90 bits per heavy atom. The van der Waals surface area contributed by atoms with Gasteiger partial charge in [0, 0.05) is 26.2 Å². The van der Waals surface area contributed by atoms with Crippen LogP contribution in [0.5, 0.6) is 0 Å². The third-order valence-corrected chi connectivity index (χ3v) is 4.64. The van der Waals surface area contributed by atoms with Gasteiger partial charge in [-0.25, -0.2) is 0 Å². The van der Waals surface area contributed by atoms with E-state index in [4.69, 9.17) is 0 Å². The van der Waals surface area contributed by atoms with Gasteiger partial charge in [-0.1, -0.05) is 6.08 Å². The zero-order chi connectivity index (χ0) is 14.9. The molecule has 2 aliphatic heterocycles. The first kappa shape index (κ1) is 14.0. The van der Waals surface area contributed by atoms with Crippen LogP contribution in [0.25, 0.3) is 0 Å². The average Bonchev–Trinajstić information content (AvgIpc) is 2.78. The van der Waals surface area contributed by atoms with E-state index >= 15 is 0 Å². The molecule has 1 atom stereocenters. The summed E-state index contributed by atoms with van der Waals surface area (Å²) in [6, 6.07) is 3.98. The standard InChI is InChI=1S/C16H22N4O/c1-3-9-19-11-8-16(15(19)21)7-4-10-20(12-16)14-6-5-13(2)17-18-14/h3,5-6H,1,4,7-12H2,2H3/t16-/m0/s1. The van der Waals surface area contributed by atoms with Crippen molar-refractivity contribution in [2.24, 2.45) is 5.41 Å². The molecule has 21 heavy (non-hydrogen) atoms. The van der Waals surface area contributed by atoms with Crippen LogP contribution in [0, 0.1) is 12.3 Å². The van der Waals surface area contributed by atoms with Gasteiger partial charge in [0.2, 0.25) is 5.91 Å². The molecule has 112 valence electrons. The maximum absolute atomic E-state index is 12.7. The zero-order valence-corrected chi connectivity index (χ0v) is 12.6. The van der Waals surface area contributed by atoms with Crippen molar-refractivity contribution in [2.75, 3.05) is 31.1 Å². The van der Waals surface area contributed by atoms with E-state index in [1.54, 1.807) is 0 Å². The number of carbonyl (C=O) groups excluding carboxylic acids is 1. The molecule has 2 aliphatic rings. The lowest BCUT2D eigenvalue weighted by molar-refractivity contribution is -0.136. The van der Waals surface area contributed by atoms with Gasteiger partial charge >= 0.3 is 0 Å². The van der Waals surface area contributed by atoms with Gasteiger partial charge in [-0.2, -0.15) is 5.10 Å². The third kappa shape index (κ3) is 2.52. The summed E-state index contributed by atoms with van der Waals surface area (Å²) in [7, 11) is 0. The number of likely N-dealkylation sites (tertiary alicyclic amines) is 1. The van der Waals surface area contributed by atoms with Crippen LogP contribution in [0.15, 0.2) is 24.8 Å². The summed E-state index contributed by atoms with van der Waals surface area (Å²) in [4.78, 5) is 16.9. The minimum absolute atomic E-state index is 0.228. The molecule has 3 rings (SSSR count). The number of anilines is 1. The summed E-state index contributed by atoms with van der Waals surface area (Å²) >= 11 is 0. The first-order valence-corrected chi connectivity index (χ1v) is 7.60. The second kappa shape index (κ2) is 5.47. The highest BCUT2D eigenvalue weighted by molar-refractivity contribution is 5.86. The van der Waals surface area contributed by atoms with Crippen LogP contribution in [0.4, 0.5) is 5.82 Å². The van der Waals surface area contributed by atoms with Gasteiger partial charge in [0.15, 0.2) is 5.82 Å². The normalized spacial score (nSPS) is 25.7. The lowest BCUT2D eigenvalue weighted by atomic mass is 9.78. The molecule has 0 unspecified atom stereocenters. The van der Waals surface area contributed by atoms with E-state index in [2.05, 4.69) is 21.7 Å². The predicted molar refractivity (Wildman–Crippen MR) is 82.0 cm³/mol. The van der Waals surface area contributed by atoms with Gasteiger partial charge in [-0.15, -0.1) is 11.7 Å². The van der Waals surface area contributed by atoms with Gasteiger partial charge in [-0.05, 0) is 38.3 Å². The third-order valence-electron chi connectivity index (χ3n) is 4.64. The molecule has 0 bridgehead atoms. The zero-order valence-electron chi connectivity index (χ0n) is 12.6. The highest BCUT2D eigenvalue weighted by atomic mass is 16.2. The van der Waals surface area contributed by atoms with E-state index in [-0.39, 0.29) is 11.3 Å².